The molecule has 0 unspecified atom stereocenters. The second kappa shape index (κ2) is 12.6. The molecule has 42 heavy (non-hydrogen) atoms. The van der Waals surface area contributed by atoms with E-state index in [2.05, 4.69) is 47.4 Å². The number of halogens is 5. The quantitative estimate of drug-likeness (QED) is 0.0785. The van der Waals surface area contributed by atoms with Crippen LogP contribution in [0.2, 0.25) is 15.1 Å². The van der Waals surface area contributed by atoms with Crippen LogP contribution in [0.15, 0.2) is 80.8 Å². The average Bonchev–Trinajstić information content (AvgIpc) is 3.30. The summed E-state index contributed by atoms with van der Waals surface area (Å²) in [6.45, 7) is 3.98. The van der Waals surface area contributed by atoms with Gasteiger partial charge in [0, 0.05) is 42.1 Å². The van der Waals surface area contributed by atoms with E-state index in [1.54, 1.807) is 24.3 Å². The number of fused-ring (bicyclic) bond motifs is 1. The molecule has 6 nitrogen and oxygen atoms in total. The predicted molar refractivity (Wildman–Crippen MR) is 177 cm³/mol. The van der Waals surface area contributed by atoms with Crippen molar-refractivity contribution in [3.8, 4) is 16.9 Å². The minimum atomic E-state index is -0.688. The van der Waals surface area contributed by atoms with Gasteiger partial charge in [-0.2, -0.15) is 5.10 Å². The first-order chi connectivity index (χ1) is 20.0. The van der Waals surface area contributed by atoms with E-state index >= 15 is 0 Å². The molecular weight excluding hydrogens is 729 g/mol. The molecule has 0 saturated heterocycles. The molecule has 4 aromatic carbocycles. The lowest BCUT2D eigenvalue weighted by molar-refractivity contribution is 0.0733. The number of aryl methyl sites for hydroxylation is 2. The van der Waals surface area contributed by atoms with E-state index in [4.69, 9.17) is 39.5 Å². The fourth-order valence-corrected chi connectivity index (χ4v) is 6.62. The first-order valence-electron chi connectivity index (χ1n) is 12.4. The van der Waals surface area contributed by atoms with E-state index in [9.17, 15) is 9.59 Å². The molecule has 212 valence electrons. The van der Waals surface area contributed by atoms with Crippen LogP contribution in [0.1, 0.15) is 37.5 Å². The van der Waals surface area contributed by atoms with Crippen LogP contribution in [0.5, 0.6) is 5.75 Å². The van der Waals surface area contributed by atoms with Crippen molar-refractivity contribution in [3.63, 3.8) is 0 Å². The van der Waals surface area contributed by atoms with Crippen molar-refractivity contribution in [3.05, 3.63) is 119 Å². The van der Waals surface area contributed by atoms with Crippen molar-refractivity contribution >= 4 is 95.7 Å². The van der Waals surface area contributed by atoms with E-state index in [1.165, 1.54) is 18.3 Å². The highest BCUT2D eigenvalue weighted by molar-refractivity contribution is 9.11. The lowest BCUT2D eigenvalue weighted by Gasteiger charge is -2.11. The summed E-state index contributed by atoms with van der Waals surface area (Å²) in [5.41, 5.74) is 7.72. The maximum absolute atomic E-state index is 13.5. The molecule has 0 aliphatic carbocycles. The van der Waals surface area contributed by atoms with Crippen LogP contribution < -0.4 is 10.2 Å². The van der Waals surface area contributed by atoms with Gasteiger partial charge in [-0.1, -0.05) is 80.6 Å². The van der Waals surface area contributed by atoms with Crippen molar-refractivity contribution in [2.75, 3.05) is 0 Å². The molecule has 11 heteroatoms. The Bertz CT molecular complexity index is 1920. The Morgan fingerprint density at radius 2 is 1.71 bits per heavy atom. The molecule has 5 aromatic rings. The molecule has 1 aromatic heterocycles. The number of hydrogen-bond acceptors (Lipinski definition) is 4. The Balaban J connectivity index is 1.48. The van der Waals surface area contributed by atoms with Crippen LogP contribution in [0.25, 0.3) is 22.0 Å². The normalized spacial score (nSPS) is 11.3. The predicted octanol–water partition coefficient (Wildman–Crippen LogP) is 9.92. The highest BCUT2D eigenvalue weighted by Gasteiger charge is 2.22. The van der Waals surface area contributed by atoms with Crippen LogP contribution in [0, 0.1) is 13.8 Å². The average molecular weight is 749 g/mol. The highest BCUT2D eigenvalue weighted by Crippen LogP contribution is 2.38. The molecule has 0 fully saturated rings. The zero-order chi connectivity index (χ0) is 30.1. The van der Waals surface area contributed by atoms with Crippen LogP contribution in [-0.2, 0) is 0 Å². The number of hydrazone groups is 1. The van der Waals surface area contributed by atoms with Crippen molar-refractivity contribution in [1.29, 1.82) is 0 Å². The molecule has 1 heterocycles. The standard InChI is InChI=1S/C31H20Br2Cl3N3O3/c1-15-9-16(2)27-22(10-15)26(20-5-3-4-6-24(20)35)28(38-27)30(40)39-37-14-17-11-18(32)12-23(33)29(17)42-31(41)21-8-7-19(34)13-25(21)36/h3-14,38H,1-2H3,(H,39,40). The summed E-state index contributed by atoms with van der Waals surface area (Å²) >= 11 is 25.6. The van der Waals surface area contributed by atoms with Crippen LogP contribution in [0.3, 0.4) is 0 Å². The fraction of sp³-hybridized carbons (Fsp3) is 0.0645. The van der Waals surface area contributed by atoms with Gasteiger partial charge < -0.3 is 9.72 Å². The number of benzene rings is 4. The monoisotopic (exact) mass is 745 g/mol. The topological polar surface area (TPSA) is 83.6 Å². The zero-order valence-corrected chi connectivity index (χ0v) is 27.4. The summed E-state index contributed by atoms with van der Waals surface area (Å²) in [6.07, 6.45) is 1.38. The molecule has 0 radical (unpaired) electrons. The maximum Gasteiger partial charge on any atom is 0.345 e. The molecule has 1 amide bonds. The van der Waals surface area contributed by atoms with Gasteiger partial charge >= 0.3 is 5.97 Å². The molecule has 2 N–H and O–H groups in total. The van der Waals surface area contributed by atoms with Crippen molar-refractivity contribution in [2.45, 2.75) is 13.8 Å². The molecule has 0 spiro atoms. The van der Waals surface area contributed by atoms with Gasteiger partial charge in [0.25, 0.3) is 5.91 Å². The second-order valence-electron chi connectivity index (χ2n) is 9.38. The number of nitrogens with zero attached hydrogens (tertiary/aromatic N) is 1. The molecular formula is C31H20Br2Cl3N3O3. The number of aromatic nitrogens is 1. The van der Waals surface area contributed by atoms with E-state index < -0.39 is 11.9 Å². The van der Waals surface area contributed by atoms with Crippen molar-refractivity contribution in [2.24, 2.45) is 5.10 Å². The number of amides is 1. The number of carbonyl (C=O) groups is 2. The number of hydrogen-bond donors (Lipinski definition) is 2. The third-order valence-electron chi connectivity index (χ3n) is 6.37. The number of ether oxygens (including phenoxy) is 1. The van der Waals surface area contributed by atoms with E-state index in [0.717, 1.165) is 27.6 Å². The van der Waals surface area contributed by atoms with E-state index in [0.29, 0.717) is 35.8 Å². The van der Waals surface area contributed by atoms with E-state index in [-0.39, 0.29) is 16.3 Å². The minimum Gasteiger partial charge on any atom is -0.421 e. The fourth-order valence-electron chi connectivity index (χ4n) is 4.57. The van der Waals surface area contributed by atoms with Gasteiger partial charge in [-0.25, -0.2) is 10.2 Å². The Morgan fingerprint density at radius 3 is 2.45 bits per heavy atom. The number of esters is 1. The Hall–Kier alpha value is -3.14. The third-order valence-corrected chi connectivity index (χ3v) is 8.30. The maximum atomic E-state index is 13.5. The lowest BCUT2D eigenvalue weighted by Crippen LogP contribution is -2.19. The second-order valence-corrected chi connectivity index (χ2v) is 12.4. The third kappa shape index (κ3) is 6.28. The molecule has 0 bridgehead atoms. The van der Waals surface area contributed by atoms with Gasteiger partial charge in [0.05, 0.1) is 21.3 Å². The number of H-pyrrole nitrogens is 1. The zero-order valence-electron chi connectivity index (χ0n) is 22.0. The summed E-state index contributed by atoms with van der Waals surface area (Å²) in [6, 6.07) is 19.3. The van der Waals surface area contributed by atoms with Crippen LogP contribution in [0.4, 0.5) is 0 Å². The molecule has 5 rings (SSSR count). The minimum absolute atomic E-state index is 0.142. The Kier molecular flexibility index (Phi) is 9.11. The van der Waals surface area contributed by atoms with Gasteiger partial charge in [0.15, 0.2) is 5.75 Å². The Morgan fingerprint density at radius 1 is 0.952 bits per heavy atom. The van der Waals surface area contributed by atoms with Crippen LogP contribution >= 0.6 is 66.7 Å². The van der Waals surface area contributed by atoms with E-state index in [1.807, 2.05) is 44.2 Å². The Labute approximate surface area is 273 Å². The van der Waals surface area contributed by atoms with Crippen molar-refractivity contribution < 1.29 is 14.3 Å². The summed E-state index contributed by atoms with van der Waals surface area (Å²) in [5.74, 6) is -0.984. The smallest absolute Gasteiger partial charge is 0.345 e. The number of aromatic amines is 1. The number of nitrogens with one attached hydrogen (secondary N) is 2. The van der Waals surface area contributed by atoms with Gasteiger partial charge in [0.1, 0.15) is 5.69 Å². The molecule has 0 saturated carbocycles. The number of rotatable bonds is 6. The largest absolute Gasteiger partial charge is 0.421 e. The van der Waals surface area contributed by atoms with Crippen LogP contribution in [-0.4, -0.2) is 23.1 Å². The highest BCUT2D eigenvalue weighted by atomic mass is 79.9. The molecule has 0 aliphatic rings. The summed E-state index contributed by atoms with van der Waals surface area (Å²) in [5, 5.41) is 6.12. The molecule has 0 atom stereocenters. The summed E-state index contributed by atoms with van der Waals surface area (Å²) < 4.78 is 6.84. The number of carbonyl (C=O) groups excluding carboxylic acids is 2. The van der Waals surface area contributed by atoms with Gasteiger partial charge in [-0.15, -0.1) is 0 Å². The lowest BCUT2D eigenvalue weighted by atomic mass is 9.99. The first kappa shape index (κ1) is 30.3. The van der Waals surface area contributed by atoms with Gasteiger partial charge in [-0.3, -0.25) is 4.79 Å². The molecule has 0 aliphatic heterocycles. The SMILES string of the molecule is Cc1cc(C)c2[nH]c(C(=O)NN=Cc3cc(Br)cc(Br)c3OC(=O)c3ccc(Cl)cc3Cl)c(-c3ccccc3Cl)c2c1. The van der Waals surface area contributed by atoms with Crippen molar-refractivity contribution in [1.82, 2.24) is 10.4 Å². The summed E-state index contributed by atoms with van der Waals surface area (Å²) in [4.78, 5) is 29.7. The van der Waals surface area contributed by atoms with Gasteiger partial charge in [0.2, 0.25) is 0 Å². The van der Waals surface area contributed by atoms with Gasteiger partial charge in [-0.05, 0) is 77.8 Å². The first-order valence-corrected chi connectivity index (χ1v) is 15.1. The summed E-state index contributed by atoms with van der Waals surface area (Å²) in [7, 11) is 0.